The van der Waals surface area contributed by atoms with E-state index in [2.05, 4.69) is 42.6 Å². The van der Waals surface area contributed by atoms with Crippen LogP contribution in [0.25, 0.3) is 0 Å². The topological polar surface area (TPSA) is 32.3 Å². The highest BCUT2D eigenvalue weighted by Gasteiger charge is 2.21. The third-order valence-corrected chi connectivity index (χ3v) is 3.89. The number of aliphatic hydroxyl groups is 1. The van der Waals surface area contributed by atoms with Crippen molar-refractivity contribution in [2.24, 2.45) is 5.92 Å². The molecule has 0 aromatic heterocycles. The highest BCUT2D eigenvalue weighted by Crippen LogP contribution is 2.25. The van der Waals surface area contributed by atoms with Gasteiger partial charge in [0.2, 0.25) is 0 Å². The second-order valence-electron chi connectivity index (χ2n) is 5.20. The highest BCUT2D eigenvalue weighted by molar-refractivity contribution is 5.18. The molecule has 1 aliphatic carbocycles. The van der Waals surface area contributed by atoms with E-state index in [1.54, 1.807) is 0 Å². The molecule has 1 saturated carbocycles. The summed E-state index contributed by atoms with van der Waals surface area (Å²) in [6.45, 7) is 2.59. The number of benzene rings is 1. The Hall–Kier alpha value is -0.860. The first-order valence-electron chi connectivity index (χ1n) is 6.71. The van der Waals surface area contributed by atoms with E-state index in [4.69, 9.17) is 5.11 Å². The largest absolute Gasteiger partial charge is 0.396 e. The van der Waals surface area contributed by atoms with E-state index < -0.39 is 0 Å². The summed E-state index contributed by atoms with van der Waals surface area (Å²) in [6.07, 6.45) is 4.72. The molecule has 0 amide bonds. The third kappa shape index (κ3) is 3.55. The van der Waals surface area contributed by atoms with Gasteiger partial charge in [-0.1, -0.05) is 30.3 Å². The molecule has 1 fully saturated rings. The van der Waals surface area contributed by atoms with E-state index in [0.29, 0.717) is 24.6 Å². The third-order valence-electron chi connectivity index (χ3n) is 3.89. The minimum Gasteiger partial charge on any atom is -0.396 e. The number of aliphatic hydroxyl groups excluding tert-OH is 1. The minimum atomic E-state index is 0.362. The first-order valence-corrected chi connectivity index (χ1v) is 6.71. The van der Waals surface area contributed by atoms with Crippen LogP contribution in [0.5, 0.6) is 0 Å². The zero-order chi connectivity index (χ0) is 12.1. The number of rotatable bonds is 4. The van der Waals surface area contributed by atoms with Crippen LogP contribution < -0.4 is 5.32 Å². The van der Waals surface area contributed by atoms with Crippen molar-refractivity contribution in [1.82, 2.24) is 5.32 Å². The zero-order valence-electron chi connectivity index (χ0n) is 10.6. The van der Waals surface area contributed by atoms with E-state index in [0.717, 1.165) is 12.8 Å². The molecule has 1 aromatic carbocycles. The van der Waals surface area contributed by atoms with Gasteiger partial charge in [0.15, 0.2) is 0 Å². The van der Waals surface area contributed by atoms with Crippen molar-refractivity contribution in [3.05, 3.63) is 35.9 Å². The van der Waals surface area contributed by atoms with Crippen molar-refractivity contribution in [1.29, 1.82) is 0 Å². The van der Waals surface area contributed by atoms with E-state index in [-0.39, 0.29) is 0 Å². The molecule has 0 spiro atoms. The van der Waals surface area contributed by atoms with Crippen LogP contribution in [0.3, 0.4) is 0 Å². The summed E-state index contributed by atoms with van der Waals surface area (Å²) < 4.78 is 0. The molecule has 2 heteroatoms. The van der Waals surface area contributed by atoms with Crippen LogP contribution >= 0.6 is 0 Å². The molecular weight excluding hydrogens is 210 g/mol. The standard InChI is InChI=1S/C15H23NO/c1-12(14-5-3-2-4-6-14)16-15-9-7-13(11-17)8-10-15/h2-6,12-13,15-17H,7-11H2,1H3. The Bertz CT molecular complexity index is 317. The Labute approximate surface area is 104 Å². The summed E-state index contributed by atoms with van der Waals surface area (Å²) in [5, 5.41) is 12.8. The van der Waals surface area contributed by atoms with E-state index in [1.807, 2.05) is 0 Å². The van der Waals surface area contributed by atoms with Gasteiger partial charge in [-0.2, -0.15) is 0 Å². The summed E-state index contributed by atoms with van der Waals surface area (Å²) in [5.74, 6) is 0.542. The lowest BCUT2D eigenvalue weighted by Crippen LogP contribution is -2.35. The Kier molecular flexibility index (Phi) is 4.57. The van der Waals surface area contributed by atoms with Crippen LogP contribution in [0.2, 0.25) is 0 Å². The van der Waals surface area contributed by atoms with Gasteiger partial charge in [-0.15, -0.1) is 0 Å². The van der Waals surface area contributed by atoms with Crippen molar-refractivity contribution in [3.8, 4) is 0 Å². The minimum absolute atomic E-state index is 0.362. The quantitative estimate of drug-likeness (QED) is 0.838. The van der Waals surface area contributed by atoms with Crippen molar-refractivity contribution < 1.29 is 5.11 Å². The maximum atomic E-state index is 9.12. The van der Waals surface area contributed by atoms with Crippen LogP contribution in [0.15, 0.2) is 30.3 Å². The molecule has 0 bridgehead atoms. The first-order chi connectivity index (χ1) is 8.29. The molecule has 1 aromatic rings. The molecule has 2 rings (SSSR count). The molecule has 0 radical (unpaired) electrons. The summed E-state index contributed by atoms with van der Waals surface area (Å²) in [4.78, 5) is 0. The molecule has 0 aliphatic heterocycles. The number of hydrogen-bond donors (Lipinski definition) is 2. The van der Waals surface area contributed by atoms with Gasteiger partial charge in [-0.05, 0) is 44.1 Å². The molecule has 17 heavy (non-hydrogen) atoms. The molecule has 2 nitrogen and oxygen atoms in total. The Balaban J connectivity index is 1.82. The van der Waals surface area contributed by atoms with E-state index >= 15 is 0 Å². The lowest BCUT2D eigenvalue weighted by atomic mass is 9.86. The van der Waals surface area contributed by atoms with E-state index in [1.165, 1.54) is 18.4 Å². The van der Waals surface area contributed by atoms with Crippen LogP contribution in [0.1, 0.15) is 44.2 Å². The fourth-order valence-electron chi connectivity index (χ4n) is 2.70. The molecular formula is C15H23NO. The fourth-order valence-corrected chi connectivity index (χ4v) is 2.70. The fraction of sp³-hybridized carbons (Fsp3) is 0.600. The van der Waals surface area contributed by atoms with Crippen LogP contribution in [0.4, 0.5) is 0 Å². The predicted octanol–water partition coefficient (Wildman–Crippen LogP) is 2.89. The maximum Gasteiger partial charge on any atom is 0.0459 e. The van der Waals surface area contributed by atoms with Gasteiger partial charge in [-0.3, -0.25) is 0 Å². The van der Waals surface area contributed by atoms with Crippen LogP contribution in [-0.2, 0) is 0 Å². The summed E-state index contributed by atoms with van der Waals surface area (Å²) in [6, 6.07) is 11.6. The van der Waals surface area contributed by atoms with Crippen molar-refractivity contribution in [2.75, 3.05) is 6.61 Å². The Morgan fingerprint density at radius 3 is 2.41 bits per heavy atom. The first kappa shape index (κ1) is 12.6. The average molecular weight is 233 g/mol. The van der Waals surface area contributed by atoms with Gasteiger partial charge in [0.05, 0.1) is 0 Å². The van der Waals surface area contributed by atoms with Gasteiger partial charge in [0.1, 0.15) is 0 Å². The van der Waals surface area contributed by atoms with Gasteiger partial charge in [0, 0.05) is 18.7 Å². The average Bonchev–Trinajstić information content (AvgIpc) is 2.40. The monoisotopic (exact) mass is 233 g/mol. The van der Waals surface area contributed by atoms with Crippen LogP contribution in [0, 0.1) is 5.92 Å². The lowest BCUT2D eigenvalue weighted by Gasteiger charge is -2.30. The lowest BCUT2D eigenvalue weighted by molar-refractivity contribution is 0.172. The summed E-state index contributed by atoms with van der Waals surface area (Å²) >= 11 is 0. The van der Waals surface area contributed by atoms with Gasteiger partial charge in [-0.25, -0.2) is 0 Å². The van der Waals surface area contributed by atoms with Crippen LogP contribution in [-0.4, -0.2) is 17.8 Å². The second-order valence-corrected chi connectivity index (χ2v) is 5.20. The van der Waals surface area contributed by atoms with E-state index in [9.17, 15) is 0 Å². The smallest absolute Gasteiger partial charge is 0.0459 e. The molecule has 1 unspecified atom stereocenters. The number of nitrogens with one attached hydrogen (secondary N) is 1. The predicted molar refractivity (Wildman–Crippen MR) is 70.8 cm³/mol. The molecule has 2 N–H and O–H groups in total. The molecule has 94 valence electrons. The second kappa shape index (κ2) is 6.18. The van der Waals surface area contributed by atoms with Gasteiger partial charge in [0.25, 0.3) is 0 Å². The molecule has 1 atom stereocenters. The SMILES string of the molecule is CC(NC1CCC(CO)CC1)c1ccccc1. The van der Waals surface area contributed by atoms with Crippen molar-refractivity contribution in [2.45, 2.75) is 44.7 Å². The summed E-state index contributed by atoms with van der Waals surface area (Å²) in [7, 11) is 0. The van der Waals surface area contributed by atoms with Gasteiger partial charge < -0.3 is 10.4 Å². The van der Waals surface area contributed by atoms with Gasteiger partial charge >= 0.3 is 0 Å². The molecule has 0 saturated heterocycles. The molecule has 0 heterocycles. The normalized spacial score (nSPS) is 26.7. The van der Waals surface area contributed by atoms with Crippen molar-refractivity contribution >= 4 is 0 Å². The molecule has 1 aliphatic rings. The van der Waals surface area contributed by atoms with Crippen molar-refractivity contribution in [3.63, 3.8) is 0 Å². The maximum absolute atomic E-state index is 9.12. The Morgan fingerprint density at radius 2 is 1.82 bits per heavy atom. The highest BCUT2D eigenvalue weighted by atomic mass is 16.3. The summed E-state index contributed by atoms with van der Waals surface area (Å²) in [5.41, 5.74) is 1.36. The number of hydrogen-bond acceptors (Lipinski definition) is 2. The Morgan fingerprint density at radius 1 is 1.18 bits per heavy atom. The zero-order valence-corrected chi connectivity index (χ0v) is 10.6.